The molecule has 0 bridgehead atoms. The van der Waals surface area contributed by atoms with Gasteiger partial charge in [-0.1, -0.05) is 70.4 Å². The Hall–Kier alpha value is -2.34. The predicted molar refractivity (Wildman–Crippen MR) is 129 cm³/mol. The second-order valence-corrected chi connectivity index (χ2v) is 9.98. The van der Waals surface area contributed by atoms with Gasteiger partial charge in [0.25, 0.3) is 5.91 Å². The number of nitrogens with one attached hydrogen (secondary N) is 1. The minimum Gasteiger partial charge on any atom is -0.352 e. The Kier molecular flexibility index (Phi) is 9.56. The van der Waals surface area contributed by atoms with E-state index < -0.39 is 10.0 Å². The molecule has 0 heterocycles. The second kappa shape index (κ2) is 11.9. The molecule has 2 aromatic rings. The van der Waals surface area contributed by atoms with Gasteiger partial charge in [-0.3, -0.25) is 9.10 Å². The number of sulfonamides is 1. The summed E-state index contributed by atoms with van der Waals surface area (Å²) in [6.07, 6.45) is 6.51. The average Bonchev–Trinajstić information content (AvgIpc) is 2.77. The highest BCUT2D eigenvalue weighted by atomic mass is 32.2. The molecule has 31 heavy (non-hydrogen) atoms. The fourth-order valence-corrected chi connectivity index (χ4v) is 4.56. The molecule has 0 spiro atoms. The van der Waals surface area contributed by atoms with Crippen LogP contribution in [0.2, 0.25) is 0 Å². The highest BCUT2D eigenvalue weighted by Gasteiger charge is 2.20. The van der Waals surface area contributed by atoms with Crippen molar-refractivity contribution >= 4 is 21.6 Å². The molecule has 1 atom stereocenters. The van der Waals surface area contributed by atoms with Gasteiger partial charge >= 0.3 is 0 Å². The molecule has 1 unspecified atom stereocenters. The molecule has 5 nitrogen and oxygen atoms in total. The Morgan fingerprint density at radius 2 is 1.71 bits per heavy atom. The van der Waals surface area contributed by atoms with Gasteiger partial charge in [-0.2, -0.15) is 0 Å². The lowest BCUT2D eigenvalue weighted by molar-refractivity contribution is 0.0946. The summed E-state index contributed by atoms with van der Waals surface area (Å²) >= 11 is 0. The lowest BCUT2D eigenvalue weighted by atomic mass is 9.99. The molecular weight excluding hydrogens is 408 g/mol. The summed E-state index contributed by atoms with van der Waals surface area (Å²) in [5.41, 5.74) is 3.11. The summed E-state index contributed by atoms with van der Waals surface area (Å²) < 4.78 is 26.4. The monoisotopic (exact) mass is 444 g/mol. The van der Waals surface area contributed by atoms with E-state index in [1.807, 2.05) is 43.3 Å². The van der Waals surface area contributed by atoms with Crippen molar-refractivity contribution < 1.29 is 13.2 Å². The summed E-state index contributed by atoms with van der Waals surface area (Å²) in [7, 11) is -3.45. The molecule has 1 N–H and O–H groups in total. The van der Waals surface area contributed by atoms with Gasteiger partial charge in [-0.25, -0.2) is 8.42 Å². The normalized spacial score (nSPS) is 12.4. The van der Waals surface area contributed by atoms with Crippen LogP contribution in [0.25, 0.3) is 0 Å². The topological polar surface area (TPSA) is 66.5 Å². The third-order valence-electron chi connectivity index (χ3n) is 5.68. The molecule has 0 aliphatic carbocycles. The Balaban J connectivity index is 2.10. The average molecular weight is 445 g/mol. The maximum absolute atomic E-state index is 12.5. The lowest BCUT2D eigenvalue weighted by Gasteiger charge is -2.25. The summed E-state index contributed by atoms with van der Waals surface area (Å²) in [5, 5.41) is 3.04. The zero-order valence-corrected chi connectivity index (χ0v) is 20.0. The number of hydrogen-bond acceptors (Lipinski definition) is 3. The molecule has 0 saturated carbocycles. The van der Waals surface area contributed by atoms with Gasteiger partial charge in [0.1, 0.15) is 0 Å². The van der Waals surface area contributed by atoms with Crippen LogP contribution in [0, 0.1) is 5.92 Å². The Morgan fingerprint density at radius 3 is 2.29 bits per heavy atom. The van der Waals surface area contributed by atoms with Gasteiger partial charge < -0.3 is 5.32 Å². The van der Waals surface area contributed by atoms with Gasteiger partial charge in [-0.05, 0) is 48.1 Å². The maximum Gasteiger partial charge on any atom is 0.251 e. The summed E-state index contributed by atoms with van der Waals surface area (Å²) in [5.74, 6) is 0.419. The van der Waals surface area contributed by atoms with E-state index in [-0.39, 0.29) is 12.5 Å². The van der Waals surface area contributed by atoms with E-state index in [2.05, 4.69) is 19.2 Å². The second-order valence-electron chi connectivity index (χ2n) is 8.08. The van der Waals surface area contributed by atoms with Gasteiger partial charge in [0, 0.05) is 12.1 Å². The van der Waals surface area contributed by atoms with Crippen LogP contribution in [0.15, 0.2) is 48.5 Å². The van der Waals surface area contributed by atoms with E-state index >= 15 is 0 Å². The number of carbonyl (C=O) groups excluding carboxylic acids is 1. The molecular formula is C25H36N2O3S. The van der Waals surface area contributed by atoms with Crippen LogP contribution in [0.4, 0.5) is 5.69 Å². The number of para-hydroxylation sites is 1. The van der Waals surface area contributed by atoms with Gasteiger partial charge in [0.15, 0.2) is 0 Å². The lowest BCUT2D eigenvalue weighted by Crippen LogP contribution is -2.30. The van der Waals surface area contributed by atoms with Crippen LogP contribution in [0.3, 0.4) is 0 Å². The Morgan fingerprint density at radius 1 is 1.03 bits per heavy atom. The first-order chi connectivity index (χ1) is 14.8. The fourth-order valence-electron chi connectivity index (χ4n) is 3.64. The van der Waals surface area contributed by atoms with Crippen molar-refractivity contribution in [1.29, 1.82) is 0 Å². The molecule has 0 saturated heterocycles. The largest absolute Gasteiger partial charge is 0.352 e. The van der Waals surface area contributed by atoms with E-state index in [1.54, 1.807) is 12.1 Å². The number of nitrogens with zero attached hydrogens (tertiary/aromatic N) is 1. The highest BCUT2D eigenvalue weighted by Crippen LogP contribution is 2.25. The minimum absolute atomic E-state index is 0.0854. The van der Waals surface area contributed by atoms with Crippen molar-refractivity contribution in [3.8, 4) is 0 Å². The van der Waals surface area contributed by atoms with Crippen molar-refractivity contribution in [2.45, 2.75) is 59.4 Å². The molecule has 0 aliphatic rings. The molecule has 2 aromatic carbocycles. The molecule has 0 aromatic heterocycles. The van der Waals surface area contributed by atoms with Crippen LogP contribution in [0.1, 0.15) is 67.9 Å². The van der Waals surface area contributed by atoms with Crippen molar-refractivity contribution in [1.82, 2.24) is 5.32 Å². The zero-order valence-electron chi connectivity index (χ0n) is 19.2. The van der Waals surface area contributed by atoms with Crippen molar-refractivity contribution in [2.24, 2.45) is 5.92 Å². The number of amides is 1. The zero-order chi connectivity index (χ0) is 22.9. The smallest absolute Gasteiger partial charge is 0.251 e. The first kappa shape index (κ1) is 24.9. The molecule has 6 heteroatoms. The Bertz CT molecular complexity index is 939. The standard InChI is InChI=1S/C25H36N2O3S/c1-5-8-11-20(6-2)18-26-25(28)23-16-14-21(15-17-23)19-27(31(4,29)30)24-13-10-9-12-22(24)7-3/h9-10,12-17,20H,5-8,11,18-19H2,1-4H3,(H,26,28). The van der Waals surface area contributed by atoms with Crippen LogP contribution in [-0.4, -0.2) is 27.1 Å². The van der Waals surface area contributed by atoms with E-state index in [0.29, 0.717) is 23.7 Å². The predicted octanol–water partition coefficient (Wildman–Crippen LogP) is 5.16. The van der Waals surface area contributed by atoms with Crippen LogP contribution in [-0.2, 0) is 23.0 Å². The number of benzene rings is 2. The van der Waals surface area contributed by atoms with Crippen LogP contribution in [0.5, 0.6) is 0 Å². The SMILES string of the molecule is CCCCC(CC)CNC(=O)c1ccc(CN(c2ccccc2CC)S(C)(=O)=O)cc1. The third kappa shape index (κ3) is 7.39. The van der Waals surface area contributed by atoms with Crippen molar-refractivity contribution in [3.63, 3.8) is 0 Å². The van der Waals surface area contributed by atoms with E-state index in [1.165, 1.54) is 23.4 Å². The molecule has 0 aliphatic heterocycles. The Labute approximate surface area is 187 Å². The molecule has 1 amide bonds. The van der Waals surface area contributed by atoms with E-state index in [0.717, 1.165) is 30.4 Å². The number of rotatable bonds is 12. The van der Waals surface area contributed by atoms with Crippen molar-refractivity contribution in [3.05, 3.63) is 65.2 Å². The molecule has 0 fully saturated rings. The number of unbranched alkanes of at least 4 members (excludes halogenated alkanes) is 1. The molecule has 2 rings (SSSR count). The summed E-state index contributed by atoms with van der Waals surface area (Å²) in [6.45, 7) is 7.27. The van der Waals surface area contributed by atoms with Gasteiger partial charge in [-0.15, -0.1) is 0 Å². The van der Waals surface area contributed by atoms with Crippen LogP contribution < -0.4 is 9.62 Å². The number of carbonyl (C=O) groups is 1. The quantitative estimate of drug-likeness (QED) is 0.492. The number of anilines is 1. The van der Waals surface area contributed by atoms with E-state index in [4.69, 9.17) is 0 Å². The van der Waals surface area contributed by atoms with E-state index in [9.17, 15) is 13.2 Å². The van der Waals surface area contributed by atoms with Crippen molar-refractivity contribution in [2.75, 3.05) is 17.1 Å². The number of hydrogen-bond donors (Lipinski definition) is 1. The molecule has 0 radical (unpaired) electrons. The summed E-state index contributed by atoms with van der Waals surface area (Å²) in [4.78, 5) is 12.5. The van der Waals surface area contributed by atoms with Crippen LogP contribution >= 0.6 is 0 Å². The first-order valence-corrected chi connectivity index (χ1v) is 13.1. The van der Waals surface area contributed by atoms with Gasteiger partial charge in [0.05, 0.1) is 18.5 Å². The minimum atomic E-state index is -3.45. The summed E-state index contributed by atoms with van der Waals surface area (Å²) in [6, 6.07) is 14.8. The third-order valence-corrected chi connectivity index (χ3v) is 6.80. The fraction of sp³-hybridized carbons (Fsp3) is 0.480. The molecule has 170 valence electrons. The first-order valence-electron chi connectivity index (χ1n) is 11.2. The maximum atomic E-state index is 12.5. The van der Waals surface area contributed by atoms with Gasteiger partial charge in [0.2, 0.25) is 10.0 Å². The highest BCUT2D eigenvalue weighted by molar-refractivity contribution is 7.92. The number of aryl methyl sites for hydroxylation is 1.